The second-order valence-corrected chi connectivity index (χ2v) is 8.42. The molecule has 4 rings (SSSR count). The maximum atomic E-state index is 13.1. The Bertz CT molecular complexity index is 971. The third-order valence-corrected chi connectivity index (χ3v) is 6.32. The Kier molecular flexibility index (Phi) is 5.98. The Morgan fingerprint density at radius 3 is 2.77 bits per heavy atom. The lowest BCUT2D eigenvalue weighted by molar-refractivity contribution is 0.0660. The number of carbonyl (C=O) groups excluding carboxylic acids is 1. The minimum atomic E-state index is 0.205. The Balaban J connectivity index is 1.50. The molecule has 30 heavy (non-hydrogen) atoms. The van der Waals surface area contributed by atoms with Crippen LogP contribution < -0.4 is 5.32 Å². The van der Waals surface area contributed by atoms with Crippen LogP contribution in [0.5, 0.6) is 0 Å². The Morgan fingerprint density at radius 2 is 2.07 bits per heavy atom. The molecule has 2 heterocycles. The molecule has 0 spiro atoms. The summed E-state index contributed by atoms with van der Waals surface area (Å²) in [6, 6.07) is 8.61. The average molecular weight is 403 g/mol. The van der Waals surface area contributed by atoms with Gasteiger partial charge < -0.3 is 10.2 Å². The molecule has 0 radical (unpaired) electrons. The molecule has 2 aliphatic rings. The number of carbonyl (C=O) groups is 1. The first-order chi connectivity index (χ1) is 14.6. The van der Waals surface area contributed by atoms with Crippen molar-refractivity contribution < 1.29 is 4.79 Å². The van der Waals surface area contributed by atoms with Crippen LogP contribution in [0.3, 0.4) is 0 Å². The molecule has 5 heteroatoms. The molecule has 1 fully saturated rings. The zero-order chi connectivity index (χ0) is 21.1. The summed E-state index contributed by atoms with van der Waals surface area (Å²) < 4.78 is 0. The normalized spacial score (nSPS) is 16.9. The van der Waals surface area contributed by atoms with Crippen molar-refractivity contribution in [1.82, 2.24) is 15.2 Å². The summed E-state index contributed by atoms with van der Waals surface area (Å²) in [6.45, 7) is 2.89. The van der Waals surface area contributed by atoms with Gasteiger partial charge in [-0.05, 0) is 72.8 Å². The summed E-state index contributed by atoms with van der Waals surface area (Å²) in [5.41, 5.74) is 6.55. The summed E-state index contributed by atoms with van der Waals surface area (Å²) in [4.78, 5) is 19.6. The molecule has 1 amide bonds. The van der Waals surface area contributed by atoms with E-state index in [0.29, 0.717) is 17.4 Å². The zero-order valence-corrected chi connectivity index (χ0v) is 17.9. The van der Waals surface area contributed by atoms with Crippen LogP contribution in [0.1, 0.15) is 70.4 Å². The average Bonchev–Trinajstić information content (AvgIpc) is 3.09. The first kappa shape index (κ1) is 20.3. The molecular weight excluding hydrogens is 372 g/mol. The number of allylic oxidation sites excluding steroid dienone is 1. The van der Waals surface area contributed by atoms with Gasteiger partial charge in [0.2, 0.25) is 0 Å². The van der Waals surface area contributed by atoms with Gasteiger partial charge in [0.15, 0.2) is 0 Å². The number of benzene rings is 1. The highest BCUT2D eigenvalue weighted by Crippen LogP contribution is 2.32. The van der Waals surface area contributed by atoms with E-state index in [1.165, 1.54) is 36.0 Å². The van der Waals surface area contributed by atoms with Crippen molar-refractivity contribution in [2.45, 2.75) is 58.0 Å². The molecule has 5 nitrogen and oxygen atoms in total. The molecule has 1 aromatic heterocycles. The van der Waals surface area contributed by atoms with E-state index in [1.807, 2.05) is 18.3 Å². The quantitative estimate of drug-likeness (QED) is 0.705. The van der Waals surface area contributed by atoms with Crippen LogP contribution in [0.15, 0.2) is 42.7 Å². The first-order valence-corrected chi connectivity index (χ1v) is 10.9. The third-order valence-electron chi connectivity index (χ3n) is 6.32. The smallest absolute Gasteiger partial charge is 0.254 e. The van der Waals surface area contributed by atoms with Crippen molar-refractivity contribution in [2.24, 2.45) is 0 Å². The Hall–Kier alpha value is -2.95. The Labute approximate surface area is 178 Å². The predicted octanol–water partition coefficient (Wildman–Crippen LogP) is 4.37. The minimum absolute atomic E-state index is 0.205. The lowest BCUT2D eigenvalue weighted by Crippen LogP contribution is -2.36. The zero-order valence-electron chi connectivity index (χ0n) is 17.9. The minimum Gasteiger partial charge on any atom is -0.394 e. The van der Waals surface area contributed by atoms with Crippen molar-refractivity contribution in [3.8, 4) is 0 Å². The molecule has 0 bridgehead atoms. The van der Waals surface area contributed by atoms with Gasteiger partial charge in [-0.1, -0.05) is 31.4 Å². The van der Waals surface area contributed by atoms with Gasteiger partial charge in [0.25, 0.3) is 5.91 Å². The summed E-state index contributed by atoms with van der Waals surface area (Å²) >= 11 is 0. The van der Waals surface area contributed by atoms with E-state index in [0.717, 1.165) is 36.9 Å². The first-order valence-electron chi connectivity index (χ1n) is 10.9. The van der Waals surface area contributed by atoms with Gasteiger partial charge >= 0.3 is 0 Å². The summed E-state index contributed by atoms with van der Waals surface area (Å²) in [7, 11) is 1.80. The number of aryl methyl sites for hydroxylation is 1. The van der Waals surface area contributed by atoms with Crippen molar-refractivity contribution in [3.63, 3.8) is 0 Å². The van der Waals surface area contributed by atoms with E-state index in [1.54, 1.807) is 19.3 Å². The topological polar surface area (TPSA) is 69.1 Å². The number of aromatic nitrogens is 1. The fourth-order valence-corrected chi connectivity index (χ4v) is 4.59. The van der Waals surface area contributed by atoms with Crippen LogP contribution in [0.25, 0.3) is 0 Å². The standard InChI is InChI=1S/C25H30N4O/c1-17-12-20-16-29(21-6-4-3-5-7-21)25(30)22(20)14-19(17)13-18-8-9-24(28-15-18)23(26)10-11-27-2/h8-12,14-15,21,26-27H,3-7,13,16H2,1-2H3/b11-10-,26-23?. The fourth-order valence-electron chi connectivity index (χ4n) is 4.59. The van der Waals surface area contributed by atoms with Gasteiger partial charge in [0.05, 0.1) is 11.4 Å². The van der Waals surface area contributed by atoms with Crippen molar-refractivity contribution in [1.29, 1.82) is 5.41 Å². The van der Waals surface area contributed by atoms with Gasteiger partial charge in [0, 0.05) is 31.4 Å². The molecule has 0 unspecified atom stereocenters. The number of pyridine rings is 1. The lowest BCUT2D eigenvalue weighted by Gasteiger charge is -2.30. The molecule has 1 aliphatic carbocycles. The number of nitrogens with zero attached hydrogens (tertiary/aromatic N) is 2. The van der Waals surface area contributed by atoms with E-state index in [9.17, 15) is 4.79 Å². The maximum absolute atomic E-state index is 13.1. The monoisotopic (exact) mass is 402 g/mol. The molecule has 0 atom stereocenters. The molecule has 2 aromatic rings. The summed E-state index contributed by atoms with van der Waals surface area (Å²) in [5.74, 6) is 0.205. The predicted molar refractivity (Wildman–Crippen MR) is 120 cm³/mol. The molecule has 156 valence electrons. The van der Waals surface area contributed by atoms with Crippen LogP contribution in [0, 0.1) is 12.3 Å². The van der Waals surface area contributed by atoms with E-state index in [-0.39, 0.29) is 5.91 Å². The van der Waals surface area contributed by atoms with E-state index in [2.05, 4.69) is 34.3 Å². The molecule has 1 saturated carbocycles. The second-order valence-electron chi connectivity index (χ2n) is 8.42. The number of rotatable bonds is 6. The molecule has 0 saturated heterocycles. The number of amides is 1. The second kappa shape index (κ2) is 8.82. The molecular formula is C25H30N4O. The maximum Gasteiger partial charge on any atom is 0.254 e. The van der Waals surface area contributed by atoms with Crippen LogP contribution in [-0.2, 0) is 13.0 Å². The highest BCUT2D eigenvalue weighted by Gasteiger charge is 2.33. The van der Waals surface area contributed by atoms with Gasteiger partial charge in [-0.3, -0.25) is 15.2 Å². The van der Waals surface area contributed by atoms with Gasteiger partial charge in [-0.25, -0.2) is 0 Å². The van der Waals surface area contributed by atoms with Crippen LogP contribution >= 0.6 is 0 Å². The third kappa shape index (κ3) is 4.16. The summed E-state index contributed by atoms with van der Waals surface area (Å²) in [5, 5.41) is 10.9. The van der Waals surface area contributed by atoms with Gasteiger partial charge in [0.1, 0.15) is 0 Å². The van der Waals surface area contributed by atoms with Crippen molar-refractivity contribution in [2.75, 3.05) is 7.05 Å². The number of nitrogens with one attached hydrogen (secondary N) is 2. The highest BCUT2D eigenvalue weighted by atomic mass is 16.2. The van der Waals surface area contributed by atoms with E-state index >= 15 is 0 Å². The molecule has 1 aliphatic heterocycles. The largest absolute Gasteiger partial charge is 0.394 e. The molecule has 1 aromatic carbocycles. The van der Waals surface area contributed by atoms with Crippen LogP contribution in [0.4, 0.5) is 0 Å². The van der Waals surface area contributed by atoms with E-state index < -0.39 is 0 Å². The van der Waals surface area contributed by atoms with Gasteiger partial charge in [-0.2, -0.15) is 0 Å². The molecule has 2 N–H and O–H groups in total. The number of fused-ring (bicyclic) bond motifs is 1. The van der Waals surface area contributed by atoms with Crippen molar-refractivity contribution in [3.05, 3.63) is 76.2 Å². The summed E-state index contributed by atoms with van der Waals surface area (Å²) in [6.07, 6.45) is 12.0. The Morgan fingerprint density at radius 1 is 1.27 bits per heavy atom. The number of hydrogen-bond donors (Lipinski definition) is 2. The van der Waals surface area contributed by atoms with E-state index in [4.69, 9.17) is 5.41 Å². The fraction of sp³-hybridized carbons (Fsp3) is 0.400. The SMILES string of the molecule is CN/C=C\C(=N)c1ccc(Cc2cc3c(cc2C)CN(C2CCCCC2)C3=O)cn1. The van der Waals surface area contributed by atoms with Gasteiger partial charge in [-0.15, -0.1) is 0 Å². The van der Waals surface area contributed by atoms with Crippen LogP contribution in [-0.4, -0.2) is 34.6 Å². The van der Waals surface area contributed by atoms with Crippen LogP contribution in [0.2, 0.25) is 0 Å². The van der Waals surface area contributed by atoms with Crippen molar-refractivity contribution >= 4 is 11.6 Å². The lowest BCUT2D eigenvalue weighted by atomic mass is 9.94. The number of hydrogen-bond acceptors (Lipinski definition) is 4. The highest BCUT2D eigenvalue weighted by molar-refractivity contribution is 6.04.